The smallest absolute Gasteiger partial charge is 0.346 e. The zero-order valence-corrected chi connectivity index (χ0v) is 25.0. The van der Waals surface area contributed by atoms with Crippen LogP contribution in [0.25, 0.3) is 11.6 Å². The maximum absolute atomic E-state index is 13.8. The number of thioether (sulfide) groups is 2. The number of methoxy groups -OCH3 is 3. The Balaban J connectivity index is 1.83. The largest absolute Gasteiger partial charge is 0.495 e. The van der Waals surface area contributed by atoms with Gasteiger partial charge in [-0.25, -0.2) is 9.59 Å². The molecule has 2 aromatic carbocycles. The van der Waals surface area contributed by atoms with Crippen molar-refractivity contribution in [2.75, 3.05) is 26.2 Å². The Hall–Kier alpha value is -3.94. The third kappa shape index (κ3) is 5.52. The van der Waals surface area contributed by atoms with E-state index in [1.165, 1.54) is 44.4 Å². The number of carbonyl (C=O) groups is 3. The van der Waals surface area contributed by atoms with E-state index in [0.29, 0.717) is 37.2 Å². The van der Waals surface area contributed by atoms with Gasteiger partial charge in [-0.15, -0.1) is 0 Å². The molecule has 1 amide bonds. The van der Waals surface area contributed by atoms with Gasteiger partial charge in [0, 0.05) is 29.3 Å². The first-order valence-electron chi connectivity index (χ1n) is 12.0. The molecular formula is C28H24N2O8S3. The lowest BCUT2D eigenvalue weighted by molar-refractivity contribution is -0.384. The van der Waals surface area contributed by atoms with Crippen LogP contribution in [0, 0.1) is 10.1 Å². The number of carbonyl (C=O) groups excluding carboxylic acids is 3. The van der Waals surface area contributed by atoms with Crippen molar-refractivity contribution in [2.45, 2.75) is 19.4 Å². The summed E-state index contributed by atoms with van der Waals surface area (Å²) in [5.41, 5.74) is 1.10. The molecule has 0 N–H and O–H groups in total. The molecule has 212 valence electrons. The van der Waals surface area contributed by atoms with Gasteiger partial charge in [-0.3, -0.25) is 19.8 Å². The number of hydrogen-bond donors (Lipinski definition) is 0. The number of nitro benzene ring substituents is 1. The van der Waals surface area contributed by atoms with Crippen molar-refractivity contribution < 1.29 is 33.5 Å². The SMILES string of the molecule is COC(=O)C1=C(C(=O)OC)SC(=C2C(=S)C(C)(C)N(C(=O)C=Cc3ccc([N+](=O)[O-])cc3)c3c(OC)cccc32)S1. The number of nitro groups is 1. The molecule has 2 aromatic rings. The highest BCUT2D eigenvalue weighted by Gasteiger charge is 2.47. The molecule has 0 saturated carbocycles. The second-order valence-corrected chi connectivity index (χ2v) is 11.8. The molecular weight excluding hydrogens is 589 g/mol. The number of benzene rings is 2. The number of amides is 1. The second-order valence-electron chi connectivity index (χ2n) is 9.11. The number of rotatable bonds is 6. The normalized spacial score (nSPS) is 16.1. The van der Waals surface area contributed by atoms with Gasteiger partial charge >= 0.3 is 11.9 Å². The third-order valence-electron chi connectivity index (χ3n) is 6.34. The Kier molecular flexibility index (Phi) is 8.71. The minimum Gasteiger partial charge on any atom is -0.495 e. The van der Waals surface area contributed by atoms with Crippen molar-refractivity contribution in [2.24, 2.45) is 0 Å². The molecule has 0 radical (unpaired) electrons. The molecule has 0 spiro atoms. The number of anilines is 1. The van der Waals surface area contributed by atoms with Crippen LogP contribution >= 0.6 is 35.7 Å². The second kappa shape index (κ2) is 11.9. The molecule has 0 unspecified atom stereocenters. The first-order chi connectivity index (χ1) is 19.5. The number of nitrogens with zero attached hydrogens (tertiary/aromatic N) is 2. The summed E-state index contributed by atoms with van der Waals surface area (Å²) in [5.74, 6) is -1.35. The van der Waals surface area contributed by atoms with E-state index in [9.17, 15) is 24.5 Å². The van der Waals surface area contributed by atoms with Gasteiger partial charge in [0.25, 0.3) is 11.6 Å². The Morgan fingerprint density at radius 2 is 1.56 bits per heavy atom. The lowest BCUT2D eigenvalue weighted by Gasteiger charge is -2.45. The fourth-order valence-corrected chi connectivity index (χ4v) is 7.35. The zero-order valence-electron chi connectivity index (χ0n) is 22.6. The standard InChI is InChI=1S/C28H24N2O8S3/c1-28(2)24(39)20(27-40-22(25(32)37-4)23(41-27)26(33)38-5)17-7-6-8-18(36-3)21(17)29(28)19(31)14-11-15-9-12-16(13-10-15)30(34)35/h6-14H,1-5H3. The van der Waals surface area contributed by atoms with Crippen molar-refractivity contribution in [3.05, 3.63) is 83.8 Å². The van der Waals surface area contributed by atoms with E-state index in [-0.39, 0.29) is 15.5 Å². The maximum Gasteiger partial charge on any atom is 0.346 e. The van der Waals surface area contributed by atoms with Gasteiger partial charge < -0.3 is 14.2 Å². The Labute approximate surface area is 249 Å². The summed E-state index contributed by atoms with van der Waals surface area (Å²) in [6.45, 7) is 3.59. The van der Waals surface area contributed by atoms with Crippen LogP contribution in [0.15, 0.2) is 62.6 Å². The molecule has 0 saturated heterocycles. The summed E-state index contributed by atoms with van der Waals surface area (Å²) in [6, 6.07) is 11.1. The number of thiocarbonyl (C=S) groups is 1. The van der Waals surface area contributed by atoms with Gasteiger partial charge in [0.1, 0.15) is 15.6 Å². The summed E-state index contributed by atoms with van der Waals surface area (Å²) in [7, 11) is 3.94. The molecule has 2 aliphatic rings. The summed E-state index contributed by atoms with van der Waals surface area (Å²) >= 11 is 8.09. The summed E-state index contributed by atoms with van der Waals surface area (Å²) in [6.07, 6.45) is 2.93. The number of esters is 2. The van der Waals surface area contributed by atoms with Crippen LogP contribution in [0.5, 0.6) is 5.75 Å². The van der Waals surface area contributed by atoms with E-state index >= 15 is 0 Å². The zero-order chi connectivity index (χ0) is 30.1. The highest BCUT2D eigenvalue weighted by molar-refractivity contribution is 8.29. The topological polar surface area (TPSA) is 125 Å². The van der Waals surface area contributed by atoms with Gasteiger partial charge in [-0.1, -0.05) is 47.9 Å². The maximum atomic E-state index is 13.8. The highest BCUT2D eigenvalue weighted by Crippen LogP contribution is 2.57. The minimum atomic E-state index is -1.06. The number of non-ortho nitro benzene ring substituents is 1. The quantitative estimate of drug-likeness (QED) is 0.135. The van der Waals surface area contributed by atoms with Crippen molar-refractivity contribution in [3.8, 4) is 5.75 Å². The number of hydrogen-bond acceptors (Lipinski definition) is 11. The van der Waals surface area contributed by atoms with E-state index in [1.807, 2.05) is 0 Å². The van der Waals surface area contributed by atoms with Crippen LogP contribution in [-0.2, 0) is 23.9 Å². The van der Waals surface area contributed by atoms with Crippen molar-refractivity contribution in [1.82, 2.24) is 0 Å². The van der Waals surface area contributed by atoms with Crippen molar-refractivity contribution in [3.63, 3.8) is 0 Å². The van der Waals surface area contributed by atoms with E-state index in [1.54, 1.807) is 50.3 Å². The number of fused-ring (bicyclic) bond motifs is 1. The summed E-state index contributed by atoms with van der Waals surface area (Å²) < 4.78 is 16.0. The average molecular weight is 613 g/mol. The van der Waals surface area contributed by atoms with Crippen LogP contribution in [0.4, 0.5) is 11.4 Å². The molecule has 0 aliphatic carbocycles. The summed E-state index contributed by atoms with van der Waals surface area (Å²) in [5, 5.41) is 11.0. The van der Waals surface area contributed by atoms with Crippen LogP contribution in [0.1, 0.15) is 25.0 Å². The fraction of sp³-hybridized carbons (Fsp3) is 0.214. The van der Waals surface area contributed by atoms with E-state index < -0.39 is 28.3 Å². The average Bonchev–Trinajstić information content (AvgIpc) is 3.40. The van der Waals surface area contributed by atoms with Crippen molar-refractivity contribution >= 4 is 81.5 Å². The lowest BCUT2D eigenvalue weighted by Crippen LogP contribution is -2.55. The number of ether oxygens (including phenoxy) is 3. The molecule has 0 bridgehead atoms. The molecule has 4 rings (SSSR count). The van der Waals surface area contributed by atoms with Gasteiger partial charge in [0.2, 0.25) is 0 Å². The minimum absolute atomic E-state index is 0.0573. The first-order valence-corrected chi connectivity index (χ1v) is 14.0. The van der Waals surface area contributed by atoms with Gasteiger partial charge in [0.05, 0.1) is 46.6 Å². The van der Waals surface area contributed by atoms with E-state index in [4.69, 9.17) is 26.4 Å². The molecule has 13 heteroatoms. The monoisotopic (exact) mass is 612 g/mol. The molecule has 0 aromatic heterocycles. The molecule has 0 fully saturated rings. The Morgan fingerprint density at radius 3 is 2.07 bits per heavy atom. The van der Waals surface area contributed by atoms with E-state index in [2.05, 4.69) is 0 Å². The predicted octanol–water partition coefficient (Wildman–Crippen LogP) is 5.52. The van der Waals surface area contributed by atoms with Crippen molar-refractivity contribution in [1.29, 1.82) is 0 Å². The fourth-order valence-electron chi connectivity index (χ4n) is 4.32. The van der Waals surface area contributed by atoms with Crippen LogP contribution in [0.2, 0.25) is 0 Å². The molecule has 2 heterocycles. The molecule has 2 aliphatic heterocycles. The van der Waals surface area contributed by atoms with Crippen LogP contribution in [-0.4, -0.2) is 54.5 Å². The third-order valence-corrected chi connectivity index (χ3v) is 9.60. The Bertz CT molecular complexity index is 1550. The van der Waals surface area contributed by atoms with Crippen LogP contribution in [0.3, 0.4) is 0 Å². The summed E-state index contributed by atoms with van der Waals surface area (Å²) in [4.78, 5) is 51.4. The lowest BCUT2D eigenvalue weighted by atomic mass is 9.83. The molecule has 41 heavy (non-hydrogen) atoms. The van der Waals surface area contributed by atoms with Gasteiger partial charge in [0.15, 0.2) is 0 Å². The first kappa shape index (κ1) is 30.0. The van der Waals surface area contributed by atoms with E-state index in [0.717, 1.165) is 23.5 Å². The number of para-hydroxylation sites is 1. The Morgan fingerprint density at radius 1 is 0.976 bits per heavy atom. The molecule has 0 atom stereocenters. The molecule has 10 nitrogen and oxygen atoms in total. The van der Waals surface area contributed by atoms with Crippen LogP contribution < -0.4 is 9.64 Å². The van der Waals surface area contributed by atoms with Gasteiger partial charge in [-0.2, -0.15) is 0 Å². The van der Waals surface area contributed by atoms with Gasteiger partial charge in [-0.05, 0) is 43.7 Å². The highest BCUT2D eigenvalue weighted by atomic mass is 32.2. The predicted molar refractivity (Wildman–Crippen MR) is 162 cm³/mol.